The van der Waals surface area contributed by atoms with Gasteiger partial charge >= 0.3 is 54.4 Å². The van der Waals surface area contributed by atoms with Crippen LogP contribution < -0.4 is 49.1 Å². The maximum Gasteiger partial charge on any atom is 3.00 e. The summed E-state index contributed by atoms with van der Waals surface area (Å²) in [4.78, 5) is 58.9. The molecule has 0 amide bonds. The molecule has 0 aromatic heterocycles. The molecule has 0 rings (SSSR count). The number of phosphoric acid groups is 3. The summed E-state index contributed by atoms with van der Waals surface area (Å²) < 4.78 is 30.0. The van der Waals surface area contributed by atoms with Crippen molar-refractivity contribution in [3.05, 3.63) is 0 Å². The fourth-order valence-corrected chi connectivity index (χ4v) is 1.10. The summed E-state index contributed by atoms with van der Waals surface area (Å²) in [5.74, 6) is 0. The Morgan fingerprint density at radius 1 is 0.812 bits per heavy atom. The van der Waals surface area contributed by atoms with Crippen LogP contribution in [0.25, 0.3) is 0 Å². The van der Waals surface area contributed by atoms with Gasteiger partial charge in [0.05, 0.1) is 15.6 Å². The molecular formula is H3FeNaO11P3. The topological polar surface area (TPSA) is 213 Å². The van der Waals surface area contributed by atoms with Crippen LogP contribution in [-0.4, -0.2) is 14.7 Å². The third kappa shape index (κ3) is 56.6. The molecule has 0 aromatic rings. The van der Waals surface area contributed by atoms with Gasteiger partial charge in [-0.1, -0.05) is 0 Å². The molecule has 0 saturated carbocycles. The summed E-state index contributed by atoms with van der Waals surface area (Å²) in [6.07, 6.45) is 0. The molecule has 0 aromatic carbocycles. The van der Waals surface area contributed by atoms with Crippen LogP contribution in [0.4, 0.5) is 0 Å². The van der Waals surface area contributed by atoms with Gasteiger partial charge in [-0.05, 0) is 0 Å². The average molecular weight is 351 g/mol. The van der Waals surface area contributed by atoms with E-state index in [1.807, 2.05) is 0 Å². The maximum atomic E-state index is 9.32. The van der Waals surface area contributed by atoms with E-state index >= 15 is 0 Å². The van der Waals surface area contributed by atoms with Crippen molar-refractivity contribution in [2.45, 2.75) is 0 Å². The standard InChI is InChI=1S/Fe.Na.H4O7P2.H3O4P/c;;1-8(2,3)7-9(4,5)6;1-5(2,3)4/h;;(H2,1,2,3)(H2,4,5,6);(H3,1,2,3,4)/q+3;+1;;/p-4. The molecule has 0 aliphatic carbocycles. The summed E-state index contributed by atoms with van der Waals surface area (Å²) in [7, 11) is -16.0. The molecule has 0 unspecified atom stereocenters. The monoisotopic (exact) mass is 351 g/mol. The first-order chi connectivity index (χ1) is 5.71. The van der Waals surface area contributed by atoms with Crippen molar-refractivity contribution in [2.24, 2.45) is 0 Å². The van der Waals surface area contributed by atoms with Gasteiger partial charge in [-0.2, -0.15) is 0 Å². The van der Waals surface area contributed by atoms with Crippen molar-refractivity contribution in [3.8, 4) is 0 Å². The molecule has 11 nitrogen and oxygen atoms in total. The van der Waals surface area contributed by atoms with Crippen molar-refractivity contribution < 1.29 is 98.9 Å². The summed E-state index contributed by atoms with van der Waals surface area (Å²) in [5, 5.41) is 0. The van der Waals surface area contributed by atoms with Gasteiger partial charge in [-0.15, -0.1) is 0 Å². The molecule has 3 N–H and O–H groups in total. The molecule has 0 fully saturated rings. The van der Waals surface area contributed by atoms with E-state index in [1.54, 1.807) is 0 Å². The van der Waals surface area contributed by atoms with Gasteiger partial charge in [0.2, 0.25) is 0 Å². The predicted molar refractivity (Wildman–Crippen MR) is 30.6 cm³/mol. The van der Waals surface area contributed by atoms with Crippen molar-refractivity contribution in [3.63, 3.8) is 0 Å². The van der Waals surface area contributed by atoms with Gasteiger partial charge in [0.15, 0.2) is 0 Å². The summed E-state index contributed by atoms with van der Waals surface area (Å²) in [5.41, 5.74) is 0. The van der Waals surface area contributed by atoms with E-state index < -0.39 is 23.5 Å². The van der Waals surface area contributed by atoms with E-state index in [4.69, 9.17) is 19.2 Å². The van der Waals surface area contributed by atoms with E-state index in [1.165, 1.54) is 0 Å². The molecule has 0 spiro atoms. The van der Waals surface area contributed by atoms with E-state index in [2.05, 4.69) is 4.31 Å². The van der Waals surface area contributed by atoms with Crippen LogP contribution in [0, 0.1) is 0 Å². The fourth-order valence-electron chi connectivity index (χ4n) is 0.122. The summed E-state index contributed by atoms with van der Waals surface area (Å²) >= 11 is 0. The first-order valence-electron chi connectivity index (χ1n) is 2.24. The Balaban J connectivity index is -0.0000000904. The van der Waals surface area contributed by atoms with Crippen LogP contribution in [0.3, 0.4) is 0 Å². The molecule has 0 bridgehead atoms. The zero-order valence-corrected chi connectivity index (χ0v) is 13.1. The van der Waals surface area contributed by atoms with E-state index in [9.17, 15) is 28.7 Å². The van der Waals surface area contributed by atoms with Crippen LogP contribution in [0.2, 0.25) is 0 Å². The minimum absolute atomic E-state index is 0. The quantitative estimate of drug-likeness (QED) is 0.314. The van der Waals surface area contributed by atoms with Crippen LogP contribution in [0.1, 0.15) is 0 Å². The molecule has 0 atom stereocenters. The predicted octanol–water partition coefficient (Wildman–Crippen LogP) is -7.27. The Kier molecular flexibility index (Phi) is 16.2. The van der Waals surface area contributed by atoms with Gasteiger partial charge < -0.3 is 47.7 Å². The van der Waals surface area contributed by atoms with E-state index in [0.29, 0.717) is 0 Å². The van der Waals surface area contributed by atoms with Crippen LogP contribution in [0.5, 0.6) is 0 Å². The van der Waals surface area contributed by atoms with Gasteiger partial charge in [0.1, 0.15) is 0 Å². The van der Waals surface area contributed by atoms with Crippen molar-refractivity contribution in [1.29, 1.82) is 0 Å². The van der Waals surface area contributed by atoms with Crippen molar-refractivity contribution >= 4 is 23.5 Å². The first kappa shape index (κ1) is 26.5. The summed E-state index contributed by atoms with van der Waals surface area (Å²) in [6.45, 7) is 0. The Hall–Kier alpha value is 1.89. The molecule has 93 valence electrons. The molecule has 0 heterocycles. The molecule has 0 aliphatic heterocycles. The Labute approximate surface area is 122 Å². The molecule has 0 aliphatic rings. The third-order valence-electron chi connectivity index (χ3n) is 0.200. The molecule has 16 heavy (non-hydrogen) atoms. The van der Waals surface area contributed by atoms with Crippen molar-refractivity contribution in [2.75, 3.05) is 0 Å². The molecule has 16 heteroatoms. The second kappa shape index (κ2) is 9.77. The second-order valence-electron chi connectivity index (χ2n) is 1.49. The zero-order valence-electron chi connectivity index (χ0n) is 7.30. The van der Waals surface area contributed by atoms with Crippen LogP contribution in [0.15, 0.2) is 0 Å². The van der Waals surface area contributed by atoms with Crippen LogP contribution in [-0.2, 0) is 35.1 Å². The third-order valence-corrected chi connectivity index (χ3v) is 1.80. The van der Waals surface area contributed by atoms with Gasteiger partial charge in [0.25, 0.3) is 0 Å². The summed E-state index contributed by atoms with van der Waals surface area (Å²) in [6, 6.07) is 0. The maximum absolute atomic E-state index is 9.32. The van der Waals surface area contributed by atoms with E-state index in [0.717, 1.165) is 0 Å². The normalized spacial score (nSPS) is 11.4. The Morgan fingerprint density at radius 3 is 0.938 bits per heavy atom. The minimum atomic E-state index is -5.68. The van der Waals surface area contributed by atoms with Gasteiger partial charge in [-0.3, -0.25) is 0 Å². The molecule has 0 saturated heterocycles. The van der Waals surface area contributed by atoms with Crippen LogP contribution >= 0.6 is 23.5 Å². The average Bonchev–Trinajstić information content (AvgIpc) is 1.42. The van der Waals surface area contributed by atoms with E-state index in [-0.39, 0.29) is 46.6 Å². The van der Waals surface area contributed by atoms with Crippen molar-refractivity contribution in [1.82, 2.24) is 0 Å². The van der Waals surface area contributed by atoms with Gasteiger partial charge in [0, 0.05) is 0 Å². The number of rotatable bonds is 2. The number of hydrogen-bond donors (Lipinski definition) is 3. The SMILES string of the molecule is O=P(O)(O)O.O=P([O-])([O-])OP(=O)([O-])[O-].[Fe+3].[Na+]. The second-order valence-corrected chi connectivity index (χ2v) is 4.96. The van der Waals surface area contributed by atoms with Gasteiger partial charge in [-0.25, -0.2) is 4.57 Å². The largest absolute Gasteiger partial charge is 3.00 e. The number of hydrogen-bond acceptors (Lipinski definition) is 8. The Morgan fingerprint density at radius 2 is 0.938 bits per heavy atom. The Bertz CT molecular complexity index is 264. The first-order valence-corrected chi connectivity index (χ1v) is 6.73. The minimum Gasteiger partial charge on any atom is -0.790 e. The smallest absolute Gasteiger partial charge is 0.790 e. The fraction of sp³-hybridized carbons (Fsp3) is 0. The molecule has 1 radical (unpaired) electrons. The zero-order chi connectivity index (χ0) is 12.2. The molecular weight excluding hydrogens is 348 g/mol.